The highest BCUT2D eigenvalue weighted by atomic mass is 32.2. The number of likely N-dealkylation sites (N-methyl/N-ethyl adjacent to an activating group) is 1. The Morgan fingerprint density at radius 1 is 1.19 bits per heavy atom. The van der Waals surface area contributed by atoms with E-state index in [1.54, 1.807) is 19.0 Å². The average molecular weight is 551 g/mol. The van der Waals surface area contributed by atoms with Crippen molar-refractivity contribution in [1.82, 2.24) is 15.1 Å². The Morgan fingerprint density at radius 2 is 1.84 bits per heavy atom. The molecular formula is C24H28F6N4O2S. The molecule has 0 spiro atoms. The standard InChI is InChI=1S/C24H28F6N4O2S/c1-4-18(21(35)33(2)3)31-20-19(37-22(36)32-20)11-14-7-9-34(10-8-14)13-15-5-6-16(23(25,26)27)12-17(15)24(28,29)30/h5-6,11-12,14,18H,4,7-10,13H2,1-3H3,(H,31,32,36)/b19-11-/t18-/m0/s1. The monoisotopic (exact) mass is 550 g/mol. The molecule has 2 amide bonds. The van der Waals surface area contributed by atoms with Crippen molar-refractivity contribution in [3.63, 3.8) is 0 Å². The van der Waals surface area contributed by atoms with Crippen molar-refractivity contribution < 1.29 is 35.9 Å². The van der Waals surface area contributed by atoms with E-state index in [0.29, 0.717) is 49.2 Å². The molecule has 1 fully saturated rings. The molecule has 1 aromatic carbocycles. The fraction of sp³-hybridized carbons (Fsp3) is 0.542. The first-order chi connectivity index (χ1) is 17.2. The molecule has 1 aromatic rings. The van der Waals surface area contributed by atoms with Gasteiger partial charge in [-0.2, -0.15) is 31.3 Å². The molecule has 204 valence electrons. The maximum atomic E-state index is 13.5. The van der Waals surface area contributed by atoms with Gasteiger partial charge in [-0.25, -0.2) is 0 Å². The van der Waals surface area contributed by atoms with Crippen LogP contribution in [0.2, 0.25) is 0 Å². The van der Waals surface area contributed by atoms with Gasteiger partial charge in [0, 0.05) is 20.6 Å². The van der Waals surface area contributed by atoms with E-state index < -0.39 is 34.8 Å². The normalized spacial score (nSPS) is 19.8. The number of amidine groups is 1. The minimum Gasteiger partial charge on any atom is -0.357 e. The smallest absolute Gasteiger partial charge is 0.357 e. The number of carbonyl (C=O) groups is 2. The highest BCUT2D eigenvalue weighted by molar-refractivity contribution is 8.18. The van der Waals surface area contributed by atoms with Gasteiger partial charge in [-0.3, -0.25) is 14.5 Å². The summed E-state index contributed by atoms with van der Waals surface area (Å²) in [5, 5.41) is 2.64. The largest absolute Gasteiger partial charge is 0.416 e. The number of thioether (sulfide) groups is 1. The molecule has 0 saturated carbocycles. The van der Waals surface area contributed by atoms with Crippen LogP contribution in [0.5, 0.6) is 0 Å². The van der Waals surface area contributed by atoms with Crippen LogP contribution in [0, 0.1) is 5.92 Å². The van der Waals surface area contributed by atoms with Crippen molar-refractivity contribution in [2.45, 2.75) is 51.1 Å². The molecule has 1 N–H and O–H groups in total. The Bertz CT molecular complexity index is 1080. The van der Waals surface area contributed by atoms with Crippen molar-refractivity contribution >= 4 is 28.7 Å². The number of allylic oxidation sites excluding steroid dienone is 1. The third kappa shape index (κ3) is 7.50. The number of nitrogens with zero attached hydrogens (tertiary/aromatic N) is 3. The van der Waals surface area contributed by atoms with E-state index in [1.807, 2.05) is 13.0 Å². The van der Waals surface area contributed by atoms with Gasteiger partial charge < -0.3 is 10.2 Å². The van der Waals surface area contributed by atoms with Crippen LogP contribution in [0.25, 0.3) is 0 Å². The number of halogens is 6. The number of hydrogen-bond acceptors (Lipinski definition) is 5. The van der Waals surface area contributed by atoms with Gasteiger partial charge in [-0.1, -0.05) is 19.1 Å². The fourth-order valence-corrected chi connectivity index (χ4v) is 5.02. The summed E-state index contributed by atoms with van der Waals surface area (Å²) in [5.74, 6) is 0.207. The van der Waals surface area contributed by atoms with Crippen molar-refractivity contribution in [3.05, 3.63) is 45.9 Å². The first kappa shape index (κ1) is 29.0. The summed E-state index contributed by atoms with van der Waals surface area (Å²) in [7, 11) is 3.27. The molecule has 0 unspecified atom stereocenters. The van der Waals surface area contributed by atoms with E-state index in [-0.39, 0.29) is 30.0 Å². The van der Waals surface area contributed by atoms with E-state index in [9.17, 15) is 35.9 Å². The van der Waals surface area contributed by atoms with Gasteiger partial charge >= 0.3 is 17.6 Å². The Balaban J connectivity index is 1.66. The van der Waals surface area contributed by atoms with E-state index in [0.717, 1.165) is 17.8 Å². The van der Waals surface area contributed by atoms with E-state index in [1.165, 1.54) is 4.90 Å². The number of piperidine rings is 1. The molecular weight excluding hydrogens is 522 g/mol. The first-order valence-corrected chi connectivity index (χ1v) is 12.5. The number of rotatable bonds is 6. The highest BCUT2D eigenvalue weighted by Gasteiger charge is 2.38. The third-order valence-corrected chi connectivity index (χ3v) is 7.06. The van der Waals surface area contributed by atoms with Crippen LogP contribution in [0.3, 0.4) is 0 Å². The summed E-state index contributed by atoms with van der Waals surface area (Å²) in [6.45, 7) is 2.58. The molecule has 0 aliphatic carbocycles. The molecule has 6 nitrogen and oxygen atoms in total. The maximum absolute atomic E-state index is 13.5. The number of aliphatic imine (C=N–C) groups is 1. The van der Waals surface area contributed by atoms with Crippen LogP contribution in [-0.4, -0.2) is 60.0 Å². The van der Waals surface area contributed by atoms with Crippen LogP contribution in [0.15, 0.2) is 34.2 Å². The van der Waals surface area contributed by atoms with Gasteiger partial charge in [0.1, 0.15) is 11.9 Å². The number of benzene rings is 1. The minimum absolute atomic E-state index is 0.0240. The summed E-state index contributed by atoms with van der Waals surface area (Å²) in [4.78, 5) is 32.1. The number of hydrogen-bond donors (Lipinski definition) is 1. The minimum atomic E-state index is -4.90. The van der Waals surface area contributed by atoms with Gasteiger partial charge in [0.25, 0.3) is 0 Å². The molecule has 37 heavy (non-hydrogen) atoms. The van der Waals surface area contributed by atoms with Crippen LogP contribution in [0.4, 0.5) is 31.1 Å². The molecule has 0 aromatic heterocycles. The summed E-state index contributed by atoms with van der Waals surface area (Å²) >= 11 is 0.952. The summed E-state index contributed by atoms with van der Waals surface area (Å²) in [6, 6.07) is 1.19. The third-order valence-electron chi connectivity index (χ3n) is 6.25. The van der Waals surface area contributed by atoms with Crippen LogP contribution < -0.4 is 5.32 Å². The molecule has 1 saturated heterocycles. The second-order valence-electron chi connectivity index (χ2n) is 9.18. The van der Waals surface area contributed by atoms with Crippen molar-refractivity contribution in [2.24, 2.45) is 10.9 Å². The van der Waals surface area contributed by atoms with Crippen LogP contribution in [-0.2, 0) is 23.7 Å². The van der Waals surface area contributed by atoms with Gasteiger partial charge in [0.05, 0.1) is 16.0 Å². The zero-order chi connectivity index (χ0) is 27.5. The zero-order valence-corrected chi connectivity index (χ0v) is 21.4. The zero-order valence-electron chi connectivity index (χ0n) is 20.5. The fourth-order valence-electron chi connectivity index (χ4n) is 4.23. The molecule has 2 aliphatic rings. The highest BCUT2D eigenvalue weighted by Crippen LogP contribution is 2.38. The average Bonchev–Trinajstić information content (AvgIpc) is 3.15. The number of amides is 2. The number of carbonyl (C=O) groups excluding carboxylic acids is 2. The molecule has 2 aliphatic heterocycles. The predicted molar refractivity (Wildman–Crippen MR) is 129 cm³/mol. The van der Waals surface area contributed by atoms with Gasteiger partial charge in [0.2, 0.25) is 5.91 Å². The summed E-state index contributed by atoms with van der Waals surface area (Å²) in [5.41, 5.74) is -2.82. The number of nitrogens with one attached hydrogen (secondary N) is 1. The lowest BCUT2D eigenvalue weighted by atomic mass is 9.95. The van der Waals surface area contributed by atoms with Crippen molar-refractivity contribution in [2.75, 3.05) is 27.2 Å². The quantitative estimate of drug-likeness (QED) is 0.471. The lowest BCUT2D eigenvalue weighted by Gasteiger charge is -2.31. The topological polar surface area (TPSA) is 65.0 Å². The Kier molecular flexibility index (Phi) is 8.99. The molecule has 1 atom stereocenters. The second kappa shape index (κ2) is 11.5. The van der Waals surface area contributed by atoms with Crippen molar-refractivity contribution in [3.8, 4) is 0 Å². The van der Waals surface area contributed by atoms with E-state index in [4.69, 9.17) is 0 Å². The second-order valence-corrected chi connectivity index (χ2v) is 10.2. The lowest BCUT2D eigenvalue weighted by molar-refractivity contribution is -0.143. The lowest BCUT2D eigenvalue weighted by Crippen LogP contribution is -2.45. The Labute approximate surface area is 215 Å². The molecule has 2 heterocycles. The maximum Gasteiger partial charge on any atom is 0.416 e. The van der Waals surface area contributed by atoms with Gasteiger partial charge in [0.15, 0.2) is 0 Å². The Hall–Kier alpha value is -2.54. The van der Waals surface area contributed by atoms with E-state index >= 15 is 0 Å². The molecule has 3 rings (SSSR count). The molecule has 13 heteroatoms. The Morgan fingerprint density at radius 3 is 2.38 bits per heavy atom. The van der Waals surface area contributed by atoms with Gasteiger partial charge in [-0.05, 0) is 67.7 Å². The summed E-state index contributed by atoms with van der Waals surface area (Å²) < 4.78 is 79.2. The summed E-state index contributed by atoms with van der Waals surface area (Å²) in [6.07, 6.45) is -6.21. The van der Waals surface area contributed by atoms with E-state index in [2.05, 4.69) is 10.3 Å². The first-order valence-electron chi connectivity index (χ1n) is 11.7. The molecule has 0 radical (unpaired) electrons. The molecule has 0 bridgehead atoms. The number of likely N-dealkylation sites (tertiary alicyclic amines) is 1. The van der Waals surface area contributed by atoms with Gasteiger partial charge in [-0.15, -0.1) is 0 Å². The predicted octanol–water partition coefficient (Wildman–Crippen LogP) is 5.54. The van der Waals surface area contributed by atoms with Crippen LogP contribution >= 0.6 is 11.8 Å². The van der Waals surface area contributed by atoms with Crippen LogP contribution in [0.1, 0.15) is 42.9 Å². The SMILES string of the molecule is CC[C@H](NC1=NC(=O)S/C1=C\C1CCN(Cc2ccc(C(F)(F)F)cc2C(F)(F)F)CC1)C(=O)N(C)C. The van der Waals surface area contributed by atoms with Crippen molar-refractivity contribution in [1.29, 1.82) is 0 Å². The number of alkyl halides is 6.